The van der Waals surface area contributed by atoms with Crippen LogP contribution in [-0.2, 0) is 6.61 Å². The van der Waals surface area contributed by atoms with Crippen LogP contribution in [0.5, 0.6) is 5.75 Å². The lowest BCUT2D eigenvalue weighted by molar-refractivity contribution is 0.0946. The molecule has 0 radical (unpaired) electrons. The number of hydrogen-bond acceptors (Lipinski definition) is 4. The Morgan fingerprint density at radius 1 is 1.20 bits per heavy atom. The number of halogens is 2. The number of nitrogens with two attached hydrogens (primary N) is 1. The van der Waals surface area contributed by atoms with Crippen molar-refractivity contribution in [3.63, 3.8) is 0 Å². The van der Waals surface area contributed by atoms with Gasteiger partial charge in [0.1, 0.15) is 29.5 Å². The third-order valence-electron chi connectivity index (χ3n) is 5.07. The number of ether oxygens (including phenoxy) is 1. The quantitative estimate of drug-likeness (QED) is 0.607. The molecule has 1 aromatic heterocycles. The number of aryl methyl sites for hydroxylation is 1. The maximum atomic E-state index is 13.9. The molecule has 2 aromatic carbocycles. The summed E-state index contributed by atoms with van der Waals surface area (Å²) in [5.74, 6) is -1.29. The van der Waals surface area contributed by atoms with Gasteiger partial charge in [0, 0.05) is 23.2 Å². The van der Waals surface area contributed by atoms with Crippen LogP contribution >= 0.6 is 0 Å². The van der Waals surface area contributed by atoms with E-state index in [0.29, 0.717) is 40.9 Å². The van der Waals surface area contributed by atoms with Crippen LogP contribution in [0.25, 0.3) is 10.9 Å². The average Bonchev–Trinajstić information content (AvgIpc) is 2.71. The monoisotopic (exact) mass is 413 g/mol. The molecule has 0 saturated carbocycles. The summed E-state index contributed by atoms with van der Waals surface area (Å²) >= 11 is 0. The first kappa shape index (κ1) is 21.6. The molecule has 0 aliphatic heterocycles. The van der Waals surface area contributed by atoms with Gasteiger partial charge >= 0.3 is 0 Å². The van der Waals surface area contributed by atoms with Gasteiger partial charge in [-0.3, -0.25) is 4.79 Å². The molecule has 7 heteroatoms. The molecule has 0 spiro atoms. The Bertz CT molecular complexity index is 1060. The summed E-state index contributed by atoms with van der Waals surface area (Å²) < 4.78 is 33.5. The van der Waals surface area contributed by atoms with E-state index in [9.17, 15) is 13.6 Å². The SMILES string of the molecule is CCC(C)(N)CNC(=O)c1cc(C)nc2c(OCc3c(F)cccc3F)cccc12. The van der Waals surface area contributed by atoms with E-state index in [2.05, 4.69) is 10.3 Å². The van der Waals surface area contributed by atoms with Crippen LogP contribution in [0.15, 0.2) is 42.5 Å². The standard InChI is InChI=1S/C23H25F2N3O2/c1-4-23(3,26)13-27-22(29)16-11-14(2)28-21-15(16)7-5-10-20(21)30-12-17-18(24)8-6-9-19(17)25/h5-11H,4,12-13,26H2,1-3H3,(H,27,29). The van der Waals surface area contributed by atoms with Crippen LogP contribution in [0.2, 0.25) is 0 Å². The van der Waals surface area contributed by atoms with Crippen LogP contribution < -0.4 is 15.8 Å². The molecular weight excluding hydrogens is 388 g/mol. The topological polar surface area (TPSA) is 77.2 Å². The molecule has 3 N–H and O–H groups in total. The number of para-hydroxylation sites is 1. The zero-order valence-electron chi connectivity index (χ0n) is 17.3. The number of carbonyl (C=O) groups excluding carboxylic acids is 1. The third kappa shape index (κ3) is 4.74. The van der Waals surface area contributed by atoms with Crippen LogP contribution in [0.4, 0.5) is 8.78 Å². The van der Waals surface area contributed by atoms with Gasteiger partial charge in [-0.2, -0.15) is 0 Å². The van der Waals surface area contributed by atoms with E-state index in [4.69, 9.17) is 10.5 Å². The fraction of sp³-hybridized carbons (Fsp3) is 0.304. The summed E-state index contributed by atoms with van der Waals surface area (Å²) in [5, 5.41) is 3.45. The van der Waals surface area contributed by atoms with Crippen molar-refractivity contribution in [2.75, 3.05) is 6.54 Å². The second kappa shape index (κ2) is 8.75. The van der Waals surface area contributed by atoms with Gasteiger partial charge in [0.15, 0.2) is 0 Å². The number of fused-ring (bicyclic) bond motifs is 1. The van der Waals surface area contributed by atoms with Crippen molar-refractivity contribution in [3.05, 3.63) is 70.9 Å². The Hall–Kier alpha value is -3.06. The van der Waals surface area contributed by atoms with Crippen molar-refractivity contribution in [1.29, 1.82) is 0 Å². The molecule has 1 heterocycles. The molecular formula is C23H25F2N3O2. The maximum Gasteiger partial charge on any atom is 0.252 e. The van der Waals surface area contributed by atoms with Gasteiger partial charge in [0.25, 0.3) is 5.91 Å². The number of pyridine rings is 1. The van der Waals surface area contributed by atoms with Crippen molar-refractivity contribution in [2.24, 2.45) is 5.73 Å². The van der Waals surface area contributed by atoms with E-state index in [1.54, 1.807) is 31.2 Å². The summed E-state index contributed by atoms with van der Waals surface area (Å²) in [5.41, 5.74) is 6.95. The van der Waals surface area contributed by atoms with Crippen LogP contribution in [0.1, 0.15) is 41.9 Å². The van der Waals surface area contributed by atoms with Gasteiger partial charge in [-0.25, -0.2) is 13.8 Å². The number of rotatable bonds is 7. The van der Waals surface area contributed by atoms with Gasteiger partial charge in [-0.1, -0.05) is 25.1 Å². The molecule has 0 fully saturated rings. The highest BCUT2D eigenvalue weighted by Crippen LogP contribution is 2.28. The predicted octanol–water partition coefficient (Wildman–Crippen LogP) is 4.26. The van der Waals surface area contributed by atoms with Crippen LogP contribution in [0.3, 0.4) is 0 Å². The van der Waals surface area contributed by atoms with Crippen molar-refractivity contribution in [3.8, 4) is 5.75 Å². The fourth-order valence-corrected chi connectivity index (χ4v) is 2.98. The summed E-state index contributed by atoms with van der Waals surface area (Å²) in [7, 11) is 0. The van der Waals surface area contributed by atoms with E-state index in [-0.39, 0.29) is 18.1 Å². The van der Waals surface area contributed by atoms with Gasteiger partial charge in [0.2, 0.25) is 0 Å². The highest BCUT2D eigenvalue weighted by atomic mass is 19.1. The number of hydrogen-bond donors (Lipinski definition) is 2. The van der Waals surface area contributed by atoms with Crippen LogP contribution in [0, 0.1) is 18.6 Å². The Balaban J connectivity index is 1.92. The molecule has 30 heavy (non-hydrogen) atoms. The van der Waals surface area contributed by atoms with E-state index in [1.165, 1.54) is 18.2 Å². The first-order valence-electron chi connectivity index (χ1n) is 9.75. The fourth-order valence-electron chi connectivity index (χ4n) is 2.98. The molecule has 0 bridgehead atoms. The van der Waals surface area contributed by atoms with Gasteiger partial charge in [0.05, 0.1) is 11.1 Å². The van der Waals surface area contributed by atoms with Crippen molar-refractivity contribution in [1.82, 2.24) is 10.3 Å². The zero-order valence-corrected chi connectivity index (χ0v) is 17.3. The molecule has 3 rings (SSSR count). The van der Waals surface area contributed by atoms with E-state index in [1.807, 2.05) is 13.8 Å². The Labute approximate surface area is 174 Å². The second-order valence-electron chi connectivity index (χ2n) is 7.64. The number of aromatic nitrogens is 1. The average molecular weight is 413 g/mol. The Kier molecular flexibility index (Phi) is 6.31. The van der Waals surface area contributed by atoms with E-state index < -0.39 is 17.2 Å². The largest absolute Gasteiger partial charge is 0.486 e. The first-order valence-corrected chi connectivity index (χ1v) is 9.75. The molecule has 3 aromatic rings. The minimum Gasteiger partial charge on any atom is -0.486 e. The summed E-state index contributed by atoms with van der Waals surface area (Å²) in [6.45, 7) is 5.63. The van der Waals surface area contributed by atoms with Gasteiger partial charge in [-0.15, -0.1) is 0 Å². The molecule has 1 atom stereocenters. The minimum atomic E-state index is -0.680. The summed E-state index contributed by atoms with van der Waals surface area (Å²) in [4.78, 5) is 17.3. The number of nitrogens with zero attached hydrogens (tertiary/aromatic N) is 1. The molecule has 0 aliphatic carbocycles. The highest BCUT2D eigenvalue weighted by molar-refractivity contribution is 6.07. The molecule has 0 aliphatic rings. The number of benzene rings is 2. The lowest BCUT2D eigenvalue weighted by atomic mass is 10.00. The van der Waals surface area contributed by atoms with Crippen LogP contribution in [-0.4, -0.2) is 23.0 Å². The Morgan fingerprint density at radius 3 is 2.53 bits per heavy atom. The molecule has 1 unspecified atom stereocenters. The summed E-state index contributed by atoms with van der Waals surface area (Å²) in [6.07, 6.45) is 0.716. The number of nitrogens with one attached hydrogen (secondary N) is 1. The minimum absolute atomic E-state index is 0.165. The lowest BCUT2D eigenvalue weighted by Crippen LogP contribution is -2.47. The summed E-state index contributed by atoms with van der Waals surface area (Å²) in [6, 6.07) is 10.5. The molecule has 0 saturated heterocycles. The normalized spacial score (nSPS) is 13.1. The lowest BCUT2D eigenvalue weighted by Gasteiger charge is -2.23. The first-order chi connectivity index (χ1) is 14.2. The van der Waals surface area contributed by atoms with E-state index >= 15 is 0 Å². The number of amides is 1. The van der Waals surface area contributed by atoms with Crippen molar-refractivity contribution >= 4 is 16.8 Å². The Morgan fingerprint density at radius 2 is 1.87 bits per heavy atom. The number of carbonyl (C=O) groups is 1. The van der Waals surface area contributed by atoms with Crippen molar-refractivity contribution in [2.45, 2.75) is 39.3 Å². The van der Waals surface area contributed by atoms with Crippen molar-refractivity contribution < 1.29 is 18.3 Å². The predicted molar refractivity (Wildman–Crippen MR) is 112 cm³/mol. The molecule has 5 nitrogen and oxygen atoms in total. The molecule has 1 amide bonds. The molecule has 158 valence electrons. The van der Waals surface area contributed by atoms with E-state index in [0.717, 1.165) is 0 Å². The second-order valence-corrected chi connectivity index (χ2v) is 7.64. The smallest absolute Gasteiger partial charge is 0.252 e. The third-order valence-corrected chi connectivity index (χ3v) is 5.07. The highest BCUT2D eigenvalue weighted by Gasteiger charge is 2.20. The maximum absolute atomic E-state index is 13.9. The van der Waals surface area contributed by atoms with Gasteiger partial charge < -0.3 is 15.8 Å². The zero-order chi connectivity index (χ0) is 21.9. The van der Waals surface area contributed by atoms with Gasteiger partial charge in [-0.05, 0) is 44.5 Å².